The summed E-state index contributed by atoms with van der Waals surface area (Å²) in [6.07, 6.45) is 33.5. The number of hydrogen-bond donors (Lipinski definition) is 0. The van der Waals surface area contributed by atoms with Crippen LogP contribution in [0.15, 0.2) is 48.6 Å². The molecule has 0 amide bonds. The lowest BCUT2D eigenvalue weighted by atomic mass is 10.1. The topological polar surface area (TPSA) is 0 Å². The molecule has 0 atom stereocenters. The van der Waals surface area contributed by atoms with Crippen LogP contribution in [0.5, 0.6) is 0 Å². The van der Waals surface area contributed by atoms with Crippen molar-refractivity contribution < 1.29 is 0 Å². The molecule has 22 heavy (non-hydrogen) atoms. The van der Waals surface area contributed by atoms with E-state index in [1.165, 1.54) is 64.2 Å². The van der Waals surface area contributed by atoms with Crippen molar-refractivity contribution in [1.29, 1.82) is 0 Å². The Balaban J connectivity index is 3.36. The highest BCUT2D eigenvalue weighted by atomic mass is 13.9. The van der Waals surface area contributed by atoms with Gasteiger partial charge >= 0.3 is 0 Å². The van der Waals surface area contributed by atoms with Gasteiger partial charge in [0.2, 0.25) is 0 Å². The quantitative estimate of drug-likeness (QED) is 0.164. The molecule has 0 saturated carbocycles. The molecule has 0 rings (SSSR count). The van der Waals surface area contributed by atoms with Gasteiger partial charge in [0.1, 0.15) is 0 Å². The van der Waals surface area contributed by atoms with Crippen molar-refractivity contribution in [3.8, 4) is 0 Å². The van der Waals surface area contributed by atoms with Crippen LogP contribution in [0, 0.1) is 0 Å². The second-order valence-electron chi connectivity index (χ2n) is 5.97. The van der Waals surface area contributed by atoms with Crippen LogP contribution in [-0.4, -0.2) is 0 Å². The van der Waals surface area contributed by atoms with Crippen LogP contribution in [0.4, 0.5) is 0 Å². The second kappa shape index (κ2) is 20.0. The Kier molecular flexibility index (Phi) is 19.0. The van der Waals surface area contributed by atoms with Gasteiger partial charge in [-0.1, -0.05) is 101 Å². The maximum Gasteiger partial charge on any atom is -0.0166 e. The van der Waals surface area contributed by atoms with Gasteiger partial charge in [0.25, 0.3) is 0 Å². The molecule has 0 spiro atoms. The molecule has 0 radical (unpaired) electrons. The normalized spacial score (nSPS) is 12.6. The number of rotatable bonds is 15. The molecule has 0 nitrogen and oxygen atoms in total. The summed E-state index contributed by atoms with van der Waals surface area (Å²) in [5.74, 6) is 0. The Bertz CT molecular complexity index is 304. The molecule has 0 aromatic rings. The third kappa shape index (κ3) is 19.0. The minimum Gasteiger partial charge on any atom is -0.0882 e. The zero-order valence-corrected chi connectivity index (χ0v) is 15.1. The van der Waals surface area contributed by atoms with Gasteiger partial charge in [-0.05, 0) is 38.5 Å². The summed E-state index contributed by atoms with van der Waals surface area (Å²) in [4.78, 5) is 0. The summed E-state index contributed by atoms with van der Waals surface area (Å²) < 4.78 is 0. The molecular formula is C22H38. The first-order valence-electron chi connectivity index (χ1n) is 9.53. The fraction of sp³-hybridized carbons (Fsp3) is 0.636. The van der Waals surface area contributed by atoms with Crippen molar-refractivity contribution in [3.05, 3.63) is 48.6 Å². The van der Waals surface area contributed by atoms with E-state index in [0.29, 0.717) is 0 Å². The van der Waals surface area contributed by atoms with E-state index in [9.17, 15) is 0 Å². The first-order chi connectivity index (χ1) is 10.9. The van der Waals surface area contributed by atoms with E-state index in [0.717, 1.165) is 12.8 Å². The fourth-order valence-corrected chi connectivity index (χ4v) is 2.27. The molecule has 0 aliphatic heterocycles. The Labute approximate surface area is 140 Å². The van der Waals surface area contributed by atoms with Gasteiger partial charge in [0, 0.05) is 0 Å². The predicted molar refractivity (Wildman–Crippen MR) is 103 cm³/mol. The van der Waals surface area contributed by atoms with E-state index < -0.39 is 0 Å². The molecule has 0 aliphatic carbocycles. The number of hydrogen-bond acceptors (Lipinski definition) is 0. The molecular weight excluding hydrogens is 264 g/mol. The van der Waals surface area contributed by atoms with Gasteiger partial charge in [-0.25, -0.2) is 0 Å². The van der Waals surface area contributed by atoms with Crippen molar-refractivity contribution in [1.82, 2.24) is 0 Å². The Hall–Kier alpha value is -1.04. The lowest BCUT2D eigenvalue weighted by Crippen LogP contribution is -1.73. The molecule has 0 fully saturated rings. The van der Waals surface area contributed by atoms with Crippen molar-refractivity contribution in [2.45, 2.75) is 90.9 Å². The van der Waals surface area contributed by atoms with Crippen LogP contribution in [0.25, 0.3) is 0 Å². The third-order valence-electron chi connectivity index (χ3n) is 3.71. The summed E-state index contributed by atoms with van der Waals surface area (Å²) in [6.45, 7) is 4.52. The number of unbranched alkanes of at least 4 members (excludes halogenated alkanes) is 8. The smallest absolute Gasteiger partial charge is 0.0166 e. The Morgan fingerprint density at radius 3 is 1.59 bits per heavy atom. The maximum atomic E-state index is 2.33. The fourth-order valence-electron chi connectivity index (χ4n) is 2.27. The summed E-state index contributed by atoms with van der Waals surface area (Å²) in [6, 6.07) is 0. The van der Waals surface area contributed by atoms with E-state index in [4.69, 9.17) is 0 Å². The summed E-state index contributed by atoms with van der Waals surface area (Å²) in [7, 11) is 0. The van der Waals surface area contributed by atoms with Crippen LogP contribution >= 0.6 is 0 Å². The van der Waals surface area contributed by atoms with E-state index >= 15 is 0 Å². The lowest BCUT2D eigenvalue weighted by molar-refractivity contribution is 0.674. The van der Waals surface area contributed by atoms with Crippen molar-refractivity contribution in [2.24, 2.45) is 0 Å². The average Bonchev–Trinajstić information content (AvgIpc) is 2.54. The average molecular weight is 303 g/mol. The second-order valence-corrected chi connectivity index (χ2v) is 5.97. The first kappa shape index (κ1) is 21.0. The zero-order chi connectivity index (χ0) is 16.1. The molecule has 0 aromatic carbocycles. The Morgan fingerprint density at radius 1 is 0.455 bits per heavy atom. The molecule has 0 heteroatoms. The molecule has 0 saturated heterocycles. The maximum absolute atomic E-state index is 2.33. The van der Waals surface area contributed by atoms with Gasteiger partial charge < -0.3 is 0 Å². The third-order valence-corrected chi connectivity index (χ3v) is 3.71. The van der Waals surface area contributed by atoms with Crippen LogP contribution < -0.4 is 0 Å². The molecule has 0 bridgehead atoms. The standard InChI is InChI=1S/C22H38/c1-3-5-7-9-11-13-15-17-19-21-22-20-18-16-14-12-10-8-6-4-2/h13-17,19-20,22H,3-12,18,21H2,1-2H3/b15-13+,16-14+,19-17+,22-20+. The van der Waals surface area contributed by atoms with Gasteiger partial charge in [-0.3, -0.25) is 0 Å². The molecule has 0 aliphatic rings. The largest absolute Gasteiger partial charge is 0.0882 e. The Morgan fingerprint density at radius 2 is 0.955 bits per heavy atom. The summed E-state index contributed by atoms with van der Waals surface area (Å²) in [5.41, 5.74) is 0. The van der Waals surface area contributed by atoms with Gasteiger partial charge in [-0.2, -0.15) is 0 Å². The zero-order valence-electron chi connectivity index (χ0n) is 15.1. The summed E-state index contributed by atoms with van der Waals surface area (Å²) >= 11 is 0. The van der Waals surface area contributed by atoms with Gasteiger partial charge in [0.05, 0.1) is 0 Å². The van der Waals surface area contributed by atoms with Crippen molar-refractivity contribution >= 4 is 0 Å². The van der Waals surface area contributed by atoms with Crippen LogP contribution in [0.1, 0.15) is 90.9 Å². The van der Waals surface area contributed by atoms with Crippen molar-refractivity contribution in [2.75, 3.05) is 0 Å². The highest BCUT2D eigenvalue weighted by Gasteiger charge is 1.84. The first-order valence-corrected chi connectivity index (χ1v) is 9.53. The van der Waals surface area contributed by atoms with E-state index in [2.05, 4.69) is 62.5 Å². The minimum absolute atomic E-state index is 1.05. The molecule has 0 N–H and O–H groups in total. The SMILES string of the molecule is CCCCCC/C=C/C=C/C/C=C/C/C=C/CCCCCC. The molecule has 0 aromatic heterocycles. The minimum atomic E-state index is 1.05. The van der Waals surface area contributed by atoms with Crippen molar-refractivity contribution in [3.63, 3.8) is 0 Å². The monoisotopic (exact) mass is 302 g/mol. The predicted octanol–water partition coefficient (Wildman–Crippen LogP) is 7.93. The lowest BCUT2D eigenvalue weighted by Gasteiger charge is -1.93. The number of allylic oxidation sites excluding steroid dienone is 8. The van der Waals surface area contributed by atoms with Gasteiger partial charge in [-0.15, -0.1) is 0 Å². The van der Waals surface area contributed by atoms with Gasteiger partial charge in [0.15, 0.2) is 0 Å². The molecule has 0 heterocycles. The van der Waals surface area contributed by atoms with Crippen LogP contribution in [0.2, 0.25) is 0 Å². The van der Waals surface area contributed by atoms with Crippen LogP contribution in [0.3, 0.4) is 0 Å². The molecule has 0 unspecified atom stereocenters. The highest BCUT2D eigenvalue weighted by Crippen LogP contribution is 2.04. The van der Waals surface area contributed by atoms with E-state index in [1.54, 1.807) is 0 Å². The summed E-state index contributed by atoms with van der Waals surface area (Å²) in [5, 5.41) is 0. The van der Waals surface area contributed by atoms with E-state index in [-0.39, 0.29) is 0 Å². The van der Waals surface area contributed by atoms with Crippen LogP contribution in [-0.2, 0) is 0 Å². The van der Waals surface area contributed by atoms with E-state index in [1.807, 2.05) is 0 Å². The molecule has 126 valence electrons. The highest BCUT2D eigenvalue weighted by molar-refractivity contribution is 5.05.